The quantitative estimate of drug-likeness (QED) is 0.240. The first kappa shape index (κ1) is 31.6. The number of alkyl halides is 2. The normalized spacial score (nSPS) is 24.1. The molecule has 1 aromatic heterocycles. The Morgan fingerprint density at radius 1 is 0.956 bits per heavy atom. The number of piperidine rings is 1. The minimum absolute atomic E-state index is 0.106. The third kappa shape index (κ3) is 7.40. The molecule has 3 atom stereocenters. The van der Waals surface area contributed by atoms with Gasteiger partial charge in [0.15, 0.2) is 0 Å². The SMILES string of the molecule is Cc1nnc(C(C)C)n1C1CC2CCC(C1)N2CCC(NC(=O)C1CCC(F)(F)CC1)c1ccc(OCc2ccccc2)cc1. The van der Waals surface area contributed by atoms with Crippen molar-refractivity contribution in [2.45, 2.75) is 121 Å². The zero-order valence-electron chi connectivity index (χ0n) is 26.8. The standard InChI is InChI=1S/C36H47F2N5O2/c1-24(2)34-41-40-25(3)43(34)31-21-29-11-12-30(22-31)42(29)20-17-33(39-35(44)28-15-18-36(37,38)19-16-28)27-9-13-32(14-10-27)45-23-26-7-5-4-6-8-26/h4-10,13-14,24,28-31,33H,11-12,15-23H2,1-3H3,(H,39,44). The molecule has 2 bridgehead atoms. The molecule has 0 spiro atoms. The number of hydrogen-bond acceptors (Lipinski definition) is 5. The van der Waals surface area contributed by atoms with Gasteiger partial charge >= 0.3 is 0 Å². The molecular weight excluding hydrogens is 572 g/mol. The number of hydrogen-bond donors (Lipinski definition) is 1. The Hall–Kier alpha value is -3.33. The van der Waals surface area contributed by atoms with Crippen molar-refractivity contribution in [3.05, 3.63) is 77.4 Å². The molecule has 3 aromatic rings. The van der Waals surface area contributed by atoms with Crippen molar-refractivity contribution in [3.8, 4) is 5.75 Å². The highest BCUT2D eigenvalue weighted by Crippen LogP contribution is 2.43. The Morgan fingerprint density at radius 2 is 1.62 bits per heavy atom. The molecule has 1 aliphatic carbocycles. The highest BCUT2D eigenvalue weighted by molar-refractivity contribution is 5.79. The number of fused-ring (bicyclic) bond motifs is 2. The predicted molar refractivity (Wildman–Crippen MR) is 170 cm³/mol. The Bertz CT molecular complexity index is 1400. The van der Waals surface area contributed by atoms with Crippen LogP contribution in [0.2, 0.25) is 0 Å². The van der Waals surface area contributed by atoms with Gasteiger partial charge in [0.1, 0.15) is 24.0 Å². The number of benzene rings is 2. The van der Waals surface area contributed by atoms with Crippen LogP contribution >= 0.6 is 0 Å². The highest BCUT2D eigenvalue weighted by Gasteiger charge is 2.42. The lowest BCUT2D eigenvalue weighted by atomic mass is 9.86. The van der Waals surface area contributed by atoms with E-state index in [2.05, 4.69) is 45.8 Å². The van der Waals surface area contributed by atoms with Gasteiger partial charge in [-0.05, 0) is 75.1 Å². The van der Waals surface area contributed by atoms with Gasteiger partial charge < -0.3 is 14.6 Å². The summed E-state index contributed by atoms with van der Waals surface area (Å²) in [5, 5.41) is 12.2. The molecule has 45 heavy (non-hydrogen) atoms. The summed E-state index contributed by atoms with van der Waals surface area (Å²) in [6.45, 7) is 7.78. The summed E-state index contributed by atoms with van der Waals surface area (Å²) >= 11 is 0. The van der Waals surface area contributed by atoms with Crippen molar-refractivity contribution in [2.75, 3.05) is 6.54 Å². The summed E-state index contributed by atoms with van der Waals surface area (Å²) in [6.07, 6.45) is 5.32. The molecule has 9 heteroatoms. The average molecular weight is 620 g/mol. The topological polar surface area (TPSA) is 72.3 Å². The summed E-state index contributed by atoms with van der Waals surface area (Å²) in [7, 11) is 0. The predicted octanol–water partition coefficient (Wildman–Crippen LogP) is 7.53. The fraction of sp³-hybridized carbons (Fsp3) is 0.583. The molecule has 3 unspecified atom stereocenters. The summed E-state index contributed by atoms with van der Waals surface area (Å²) in [5.74, 6) is 0.0452. The molecule has 2 saturated heterocycles. The van der Waals surface area contributed by atoms with Crippen LogP contribution in [-0.4, -0.2) is 50.1 Å². The second-order valence-corrected chi connectivity index (χ2v) is 13.7. The number of aromatic nitrogens is 3. The van der Waals surface area contributed by atoms with E-state index < -0.39 is 5.92 Å². The Morgan fingerprint density at radius 3 is 2.27 bits per heavy atom. The molecule has 0 radical (unpaired) electrons. The van der Waals surface area contributed by atoms with Crippen molar-refractivity contribution < 1.29 is 18.3 Å². The Kier molecular flexibility index (Phi) is 9.54. The molecule has 1 amide bonds. The van der Waals surface area contributed by atoms with Gasteiger partial charge in [0.25, 0.3) is 0 Å². The number of nitrogens with one attached hydrogen (secondary N) is 1. The van der Waals surface area contributed by atoms with Gasteiger partial charge in [0.05, 0.1) is 6.04 Å². The zero-order valence-corrected chi connectivity index (χ0v) is 26.8. The van der Waals surface area contributed by atoms with Gasteiger partial charge in [-0.15, -0.1) is 10.2 Å². The van der Waals surface area contributed by atoms with Crippen LogP contribution in [0.25, 0.3) is 0 Å². The lowest BCUT2D eigenvalue weighted by Gasteiger charge is -2.40. The smallest absolute Gasteiger partial charge is 0.248 e. The van der Waals surface area contributed by atoms with Gasteiger partial charge in [0, 0.05) is 49.3 Å². The number of aryl methyl sites for hydroxylation is 1. The van der Waals surface area contributed by atoms with Gasteiger partial charge in [-0.25, -0.2) is 8.78 Å². The van der Waals surface area contributed by atoms with E-state index in [9.17, 15) is 13.6 Å². The number of carbonyl (C=O) groups is 1. The lowest BCUT2D eigenvalue weighted by Crippen LogP contribution is -2.45. The fourth-order valence-electron chi connectivity index (χ4n) is 7.78. The molecule has 2 aliphatic heterocycles. The highest BCUT2D eigenvalue weighted by atomic mass is 19.3. The Labute approximate surface area is 265 Å². The van der Waals surface area contributed by atoms with Gasteiger partial charge in [-0.2, -0.15) is 0 Å². The maximum absolute atomic E-state index is 13.8. The average Bonchev–Trinajstić information content (AvgIpc) is 3.53. The van der Waals surface area contributed by atoms with Gasteiger partial charge in [-0.1, -0.05) is 56.3 Å². The van der Waals surface area contributed by atoms with E-state index in [0.29, 0.717) is 30.7 Å². The van der Waals surface area contributed by atoms with Gasteiger partial charge in [0.2, 0.25) is 11.8 Å². The molecule has 3 fully saturated rings. The van der Waals surface area contributed by atoms with E-state index >= 15 is 0 Å². The first-order valence-electron chi connectivity index (χ1n) is 16.8. The second kappa shape index (κ2) is 13.6. The first-order valence-corrected chi connectivity index (χ1v) is 16.8. The number of halogens is 2. The van der Waals surface area contributed by atoms with Crippen LogP contribution in [0.3, 0.4) is 0 Å². The van der Waals surface area contributed by atoms with Crippen molar-refractivity contribution in [3.63, 3.8) is 0 Å². The minimum Gasteiger partial charge on any atom is -0.489 e. The molecule has 1 saturated carbocycles. The van der Waals surface area contributed by atoms with Gasteiger partial charge in [-0.3, -0.25) is 9.69 Å². The van der Waals surface area contributed by atoms with Crippen LogP contribution in [0, 0.1) is 12.8 Å². The van der Waals surface area contributed by atoms with Crippen LogP contribution in [0.1, 0.15) is 112 Å². The number of nitrogens with zero attached hydrogens (tertiary/aromatic N) is 4. The monoisotopic (exact) mass is 619 g/mol. The maximum Gasteiger partial charge on any atom is 0.248 e. The molecule has 242 valence electrons. The van der Waals surface area contributed by atoms with Crippen molar-refractivity contribution >= 4 is 5.91 Å². The summed E-state index contributed by atoms with van der Waals surface area (Å²) < 4.78 is 36.0. The van der Waals surface area contributed by atoms with Crippen LogP contribution < -0.4 is 10.1 Å². The molecule has 7 nitrogen and oxygen atoms in total. The van der Waals surface area contributed by atoms with Crippen LogP contribution in [0.5, 0.6) is 5.75 Å². The fourth-order valence-corrected chi connectivity index (χ4v) is 7.78. The van der Waals surface area contributed by atoms with E-state index in [4.69, 9.17) is 4.74 Å². The molecular formula is C36H47F2N5O2. The summed E-state index contributed by atoms with van der Waals surface area (Å²) in [5.41, 5.74) is 2.11. The summed E-state index contributed by atoms with van der Waals surface area (Å²) in [6, 6.07) is 19.2. The van der Waals surface area contributed by atoms with E-state index in [0.717, 1.165) is 54.3 Å². The van der Waals surface area contributed by atoms with Crippen LogP contribution in [-0.2, 0) is 11.4 Å². The lowest BCUT2D eigenvalue weighted by molar-refractivity contribution is -0.130. The minimum atomic E-state index is -2.65. The number of amides is 1. The number of rotatable bonds is 11. The van der Waals surface area contributed by atoms with E-state index in [1.165, 1.54) is 12.8 Å². The van der Waals surface area contributed by atoms with E-state index in [-0.39, 0.29) is 43.6 Å². The van der Waals surface area contributed by atoms with E-state index in [1.54, 1.807) is 0 Å². The molecule has 2 aromatic carbocycles. The van der Waals surface area contributed by atoms with E-state index in [1.807, 2.05) is 54.6 Å². The zero-order chi connectivity index (χ0) is 31.6. The molecule has 3 aliphatic rings. The van der Waals surface area contributed by atoms with Crippen LogP contribution in [0.15, 0.2) is 54.6 Å². The molecule has 1 N–H and O–H groups in total. The number of carbonyl (C=O) groups excluding carboxylic acids is 1. The largest absolute Gasteiger partial charge is 0.489 e. The van der Waals surface area contributed by atoms with Crippen molar-refractivity contribution in [1.29, 1.82) is 0 Å². The second-order valence-electron chi connectivity index (χ2n) is 13.7. The number of ether oxygens (including phenoxy) is 1. The summed E-state index contributed by atoms with van der Waals surface area (Å²) in [4.78, 5) is 16.1. The molecule has 3 heterocycles. The van der Waals surface area contributed by atoms with Crippen molar-refractivity contribution in [1.82, 2.24) is 25.0 Å². The van der Waals surface area contributed by atoms with Crippen LogP contribution in [0.4, 0.5) is 8.78 Å². The Balaban J connectivity index is 1.13. The maximum atomic E-state index is 13.8. The third-order valence-electron chi connectivity index (χ3n) is 10.2. The molecule has 6 rings (SSSR count). The third-order valence-corrected chi connectivity index (χ3v) is 10.2. The van der Waals surface area contributed by atoms with Crippen molar-refractivity contribution in [2.24, 2.45) is 5.92 Å². The first-order chi connectivity index (χ1) is 21.7.